The maximum absolute atomic E-state index is 12.7. The fraction of sp³-hybridized carbons (Fsp3) is 0.579. The number of rotatable bonds is 7. The molecule has 4 nitrogen and oxygen atoms in total. The van der Waals surface area contributed by atoms with Crippen molar-refractivity contribution in [2.75, 3.05) is 19.6 Å². The molecule has 0 unspecified atom stereocenters. The first-order valence-electron chi connectivity index (χ1n) is 9.12. The Hall–Kier alpha value is -0.880. The molecule has 1 aromatic heterocycles. The van der Waals surface area contributed by atoms with E-state index in [4.69, 9.17) is 0 Å². The van der Waals surface area contributed by atoms with Crippen LogP contribution in [-0.2, 0) is 11.2 Å². The van der Waals surface area contributed by atoms with E-state index in [0.717, 1.165) is 62.3 Å². The number of carbonyl (C=O) groups is 1. The maximum atomic E-state index is 12.7. The Labute approximate surface area is 172 Å². The molecule has 1 aromatic carbocycles. The number of aromatic nitrogens is 1. The van der Waals surface area contributed by atoms with Crippen molar-refractivity contribution in [3.63, 3.8) is 0 Å². The number of thiazole rings is 1. The van der Waals surface area contributed by atoms with Gasteiger partial charge in [0.2, 0.25) is 5.91 Å². The van der Waals surface area contributed by atoms with Crippen molar-refractivity contribution in [1.29, 1.82) is 0 Å². The van der Waals surface area contributed by atoms with E-state index in [1.54, 1.807) is 11.3 Å². The molecule has 0 radical (unpaired) electrons. The van der Waals surface area contributed by atoms with Crippen LogP contribution in [0.5, 0.6) is 0 Å². The molecule has 1 aliphatic rings. The minimum Gasteiger partial charge on any atom is -0.340 e. The first-order valence-corrected chi connectivity index (χ1v) is 9.94. The average Bonchev–Trinajstić information content (AvgIpc) is 3.03. The maximum Gasteiger partial charge on any atom is 0.222 e. The number of aryl methyl sites for hydroxylation is 1. The zero-order chi connectivity index (χ0) is 16.8. The molecule has 0 aliphatic carbocycles. The predicted molar refractivity (Wildman–Crippen MR) is 115 cm³/mol. The highest BCUT2D eigenvalue weighted by molar-refractivity contribution is 7.18. The third-order valence-electron chi connectivity index (χ3n) is 4.65. The van der Waals surface area contributed by atoms with Gasteiger partial charge in [0.1, 0.15) is 0 Å². The Bertz CT molecular complexity index is 641. The largest absolute Gasteiger partial charge is 0.340 e. The van der Waals surface area contributed by atoms with E-state index in [0.29, 0.717) is 18.4 Å². The fourth-order valence-electron chi connectivity index (χ4n) is 3.43. The van der Waals surface area contributed by atoms with Crippen LogP contribution in [0.3, 0.4) is 0 Å². The molecular formula is C19H29Cl2N3OS. The second-order valence-corrected chi connectivity index (χ2v) is 7.61. The van der Waals surface area contributed by atoms with E-state index < -0.39 is 0 Å². The lowest BCUT2D eigenvalue weighted by Crippen LogP contribution is -2.46. The quantitative estimate of drug-likeness (QED) is 0.723. The molecule has 1 fully saturated rings. The van der Waals surface area contributed by atoms with Gasteiger partial charge >= 0.3 is 0 Å². The highest BCUT2D eigenvalue weighted by Gasteiger charge is 2.24. The summed E-state index contributed by atoms with van der Waals surface area (Å²) in [6.07, 6.45) is 5.64. The summed E-state index contributed by atoms with van der Waals surface area (Å²) in [7, 11) is 0. The van der Waals surface area contributed by atoms with Crippen LogP contribution in [0.1, 0.15) is 44.0 Å². The zero-order valence-corrected chi connectivity index (χ0v) is 17.7. The first kappa shape index (κ1) is 23.2. The Balaban J connectivity index is 0.00000169. The third kappa shape index (κ3) is 6.08. The smallest absolute Gasteiger partial charge is 0.222 e. The molecule has 3 rings (SSSR count). The number of para-hydroxylation sites is 1. The summed E-state index contributed by atoms with van der Waals surface area (Å²) in [6.45, 7) is 5.11. The molecule has 1 amide bonds. The topological polar surface area (TPSA) is 45.2 Å². The van der Waals surface area contributed by atoms with Crippen LogP contribution < -0.4 is 5.32 Å². The fourth-order valence-corrected chi connectivity index (χ4v) is 4.44. The molecule has 1 aliphatic heterocycles. The van der Waals surface area contributed by atoms with Gasteiger partial charge in [0.15, 0.2) is 0 Å². The molecular weight excluding hydrogens is 389 g/mol. The number of halogens is 2. The van der Waals surface area contributed by atoms with Crippen LogP contribution in [0, 0.1) is 0 Å². The van der Waals surface area contributed by atoms with Gasteiger partial charge in [-0.3, -0.25) is 4.79 Å². The highest BCUT2D eigenvalue weighted by atomic mass is 35.5. The van der Waals surface area contributed by atoms with E-state index in [1.165, 1.54) is 4.70 Å². The van der Waals surface area contributed by atoms with Gasteiger partial charge in [-0.2, -0.15) is 0 Å². The van der Waals surface area contributed by atoms with E-state index in [9.17, 15) is 4.79 Å². The van der Waals surface area contributed by atoms with Gasteiger partial charge in [0, 0.05) is 19.0 Å². The SMILES string of the molecule is CCCN(C(=O)CCCc1nc2ccccc2s1)C1CCNCC1.Cl.Cl. The number of hydrogen-bond acceptors (Lipinski definition) is 4. The number of piperidine rings is 1. The summed E-state index contributed by atoms with van der Waals surface area (Å²) in [4.78, 5) is 19.5. The van der Waals surface area contributed by atoms with Crippen molar-refractivity contribution in [1.82, 2.24) is 15.2 Å². The Kier molecular flexibility index (Phi) is 10.5. The molecule has 2 aromatic rings. The summed E-state index contributed by atoms with van der Waals surface area (Å²) < 4.78 is 1.24. The normalized spacial score (nSPS) is 14.5. The monoisotopic (exact) mass is 417 g/mol. The van der Waals surface area contributed by atoms with E-state index in [1.807, 2.05) is 6.07 Å². The van der Waals surface area contributed by atoms with Crippen LogP contribution in [0.2, 0.25) is 0 Å². The molecule has 0 spiro atoms. The number of benzene rings is 1. The Morgan fingerprint density at radius 1 is 1.27 bits per heavy atom. The van der Waals surface area contributed by atoms with Crippen LogP contribution in [0.4, 0.5) is 0 Å². The second-order valence-electron chi connectivity index (χ2n) is 6.50. The van der Waals surface area contributed by atoms with Gasteiger partial charge in [-0.25, -0.2) is 4.98 Å². The van der Waals surface area contributed by atoms with Gasteiger partial charge in [-0.15, -0.1) is 36.2 Å². The number of carbonyl (C=O) groups excluding carboxylic acids is 1. The molecule has 1 N–H and O–H groups in total. The average molecular weight is 418 g/mol. The van der Waals surface area contributed by atoms with Crippen LogP contribution in [-0.4, -0.2) is 41.5 Å². The van der Waals surface area contributed by atoms with Crippen molar-refractivity contribution in [3.8, 4) is 0 Å². The van der Waals surface area contributed by atoms with Crippen LogP contribution in [0.25, 0.3) is 10.2 Å². The van der Waals surface area contributed by atoms with Gasteiger partial charge in [0.25, 0.3) is 0 Å². The van der Waals surface area contributed by atoms with Crippen molar-refractivity contribution in [3.05, 3.63) is 29.3 Å². The molecule has 7 heteroatoms. The van der Waals surface area contributed by atoms with Crippen LogP contribution >= 0.6 is 36.2 Å². The van der Waals surface area contributed by atoms with Gasteiger partial charge in [-0.05, 0) is 57.3 Å². The highest BCUT2D eigenvalue weighted by Crippen LogP contribution is 2.23. The Morgan fingerprint density at radius 3 is 2.69 bits per heavy atom. The first-order chi connectivity index (χ1) is 11.8. The van der Waals surface area contributed by atoms with Crippen molar-refractivity contribution in [2.24, 2.45) is 0 Å². The molecule has 2 heterocycles. The van der Waals surface area contributed by atoms with E-state index >= 15 is 0 Å². The van der Waals surface area contributed by atoms with Gasteiger partial charge in [-0.1, -0.05) is 19.1 Å². The lowest BCUT2D eigenvalue weighted by molar-refractivity contribution is -0.134. The van der Waals surface area contributed by atoms with Crippen LogP contribution in [0.15, 0.2) is 24.3 Å². The summed E-state index contributed by atoms with van der Waals surface area (Å²) in [6, 6.07) is 8.68. The molecule has 26 heavy (non-hydrogen) atoms. The second kappa shape index (κ2) is 11.8. The van der Waals surface area contributed by atoms with Crippen molar-refractivity contribution < 1.29 is 4.79 Å². The molecule has 0 bridgehead atoms. The summed E-state index contributed by atoms with van der Waals surface area (Å²) in [5.74, 6) is 0.324. The number of amides is 1. The summed E-state index contributed by atoms with van der Waals surface area (Å²) in [5, 5.41) is 4.53. The minimum absolute atomic E-state index is 0. The lowest BCUT2D eigenvalue weighted by atomic mass is 10.0. The molecule has 146 valence electrons. The predicted octanol–water partition coefficient (Wildman–Crippen LogP) is 4.45. The standard InChI is InChI=1S/C19H27N3OS.2ClH/c1-2-14-22(15-10-12-20-13-11-15)19(23)9-5-8-18-21-16-6-3-4-7-17(16)24-18;;/h3-4,6-7,15,20H,2,5,8-14H2,1H3;2*1H. The molecule has 1 saturated heterocycles. The third-order valence-corrected chi connectivity index (χ3v) is 5.75. The molecule has 0 saturated carbocycles. The number of nitrogens with zero attached hydrogens (tertiary/aromatic N) is 2. The van der Waals surface area contributed by atoms with E-state index in [2.05, 4.69) is 40.3 Å². The van der Waals surface area contributed by atoms with Crippen molar-refractivity contribution in [2.45, 2.75) is 51.5 Å². The van der Waals surface area contributed by atoms with Gasteiger partial charge < -0.3 is 10.2 Å². The lowest BCUT2D eigenvalue weighted by Gasteiger charge is -2.34. The van der Waals surface area contributed by atoms with E-state index in [-0.39, 0.29) is 24.8 Å². The molecule has 0 atom stereocenters. The Morgan fingerprint density at radius 2 is 2.00 bits per heavy atom. The summed E-state index contributed by atoms with van der Waals surface area (Å²) >= 11 is 1.75. The number of fused-ring (bicyclic) bond motifs is 1. The summed E-state index contributed by atoms with van der Waals surface area (Å²) in [5.41, 5.74) is 1.08. The van der Waals surface area contributed by atoms with Crippen molar-refractivity contribution >= 4 is 52.3 Å². The van der Waals surface area contributed by atoms with Gasteiger partial charge in [0.05, 0.1) is 15.2 Å². The number of hydrogen-bond donors (Lipinski definition) is 1. The number of nitrogens with one attached hydrogen (secondary N) is 1. The zero-order valence-electron chi connectivity index (χ0n) is 15.3. The minimum atomic E-state index is 0.